The highest BCUT2D eigenvalue weighted by atomic mass is 16.7. The Balaban J connectivity index is 1.41. The lowest BCUT2D eigenvalue weighted by atomic mass is 9.99. The van der Waals surface area contributed by atoms with Crippen LogP contribution in [0.1, 0.15) is 10.4 Å². The number of aliphatic hydroxyl groups excluding tert-OH is 3. The molecule has 226 valence electrons. The van der Waals surface area contributed by atoms with Crippen LogP contribution in [0.15, 0.2) is 57.7 Å². The number of hydrogen-bond acceptors (Lipinski definition) is 15. The van der Waals surface area contributed by atoms with Gasteiger partial charge in [-0.2, -0.15) is 0 Å². The summed E-state index contributed by atoms with van der Waals surface area (Å²) in [7, 11) is 0. The van der Waals surface area contributed by atoms with Crippen molar-refractivity contribution in [2.24, 2.45) is 0 Å². The van der Waals surface area contributed by atoms with E-state index in [4.69, 9.17) is 18.6 Å². The van der Waals surface area contributed by atoms with Gasteiger partial charge in [0.05, 0.1) is 5.56 Å². The molecular formula is C28H24O15. The van der Waals surface area contributed by atoms with Crippen LogP contribution < -0.4 is 10.2 Å². The van der Waals surface area contributed by atoms with Crippen LogP contribution in [0.3, 0.4) is 0 Å². The number of fused-ring (bicyclic) bond motifs is 1. The number of aromatic hydroxyl groups is 6. The minimum absolute atomic E-state index is 0.0786. The number of carbonyl (C=O) groups is 1. The van der Waals surface area contributed by atoms with Crippen LogP contribution in [-0.4, -0.2) is 89.2 Å². The van der Waals surface area contributed by atoms with E-state index >= 15 is 0 Å². The number of hydrogen-bond donors (Lipinski definition) is 9. The fourth-order valence-corrected chi connectivity index (χ4v) is 4.40. The second-order valence-electron chi connectivity index (χ2n) is 9.57. The van der Waals surface area contributed by atoms with Gasteiger partial charge in [0.1, 0.15) is 59.2 Å². The van der Waals surface area contributed by atoms with E-state index < -0.39 is 83.2 Å². The molecule has 0 amide bonds. The molecule has 0 spiro atoms. The molecule has 15 heteroatoms. The first-order valence-corrected chi connectivity index (χ1v) is 12.5. The molecule has 15 nitrogen and oxygen atoms in total. The van der Waals surface area contributed by atoms with Crippen molar-refractivity contribution >= 4 is 16.9 Å². The lowest BCUT2D eigenvalue weighted by molar-refractivity contribution is -0.277. The third-order valence-corrected chi connectivity index (χ3v) is 6.65. The van der Waals surface area contributed by atoms with Crippen molar-refractivity contribution in [1.82, 2.24) is 0 Å². The minimum Gasteiger partial charge on any atom is -0.508 e. The molecule has 0 aliphatic carbocycles. The first kappa shape index (κ1) is 29.3. The van der Waals surface area contributed by atoms with Crippen molar-refractivity contribution in [3.05, 3.63) is 64.3 Å². The van der Waals surface area contributed by atoms with Gasteiger partial charge in [-0.25, -0.2) is 4.79 Å². The molecule has 1 saturated heterocycles. The third kappa shape index (κ3) is 5.52. The zero-order valence-corrected chi connectivity index (χ0v) is 21.7. The van der Waals surface area contributed by atoms with Crippen LogP contribution in [0.5, 0.6) is 40.2 Å². The predicted molar refractivity (Wildman–Crippen MR) is 142 cm³/mol. The zero-order valence-electron chi connectivity index (χ0n) is 21.7. The lowest BCUT2D eigenvalue weighted by Gasteiger charge is -2.40. The molecule has 0 radical (unpaired) electrons. The second kappa shape index (κ2) is 11.2. The van der Waals surface area contributed by atoms with E-state index in [1.807, 2.05) is 0 Å². The molecule has 1 aliphatic heterocycles. The summed E-state index contributed by atoms with van der Waals surface area (Å²) in [6, 6.07) is 8.96. The van der Waals surface area contributed by atoms with E-state index in [0.717, 1.165) is 24.3 Å². The monoisotopic (exact) mass is 600 g/mol. The molecule has 0 saturated carbocycles. The van der Waals surface area contributed by atoms with Crippen molar-refractivity contribution in [2.75, 3.05) is 6.61 Å². The topological polar surface area (TPSA) is 257 Å². The molecule has 2 heterocycles. The SMILES string of the molecule is O=C(OC[C@H]1O[C@@H](Oc2cc(O)cc3oc(-c4ccc(O)cc4)c(O)c(=O)c23)[C@H](O)[C@@H](O)[C@@H]1O)c1cc(O)c(O)c(O)c1. The summed E-state index contributed by atoms with van der Waals surface area (Å²) >= 11 is 0. The number of carbonyl (C=O) groups excluding carboxylic acids is 1. The van der Waals surface area contributed by atoms with Gasteiger partial charge in [-0.05, 0) is 36.4 Å². The maximum Gasteiger partial charge on any atom is 0.338 e. The summed E-state index contributed by atoms with van der Waals surface area (Å²) < 4.78 is 21.8. The molecule has 1 aromatic heterocycles. The molecule has 9 N–H and O–H groups in total. The standard InChI is InChI=1S/C28H24O15/c29-12-3-1-10(2-4-12)26-24(37)22(35)19-16(41-26)7-13(30)8-17(19)42-28-25(38)23(36)21(34)18(43-28)9-40-27(39)11-5-14(31)20(33)15(32)6-11/h1-8,18,21,23,25,28-34,36-38H,9H2/t18-,21-,23+,25-,28-/m1/s1. The van der Waals surface area contributed by atoms with Gasteiger partial charge < -0.3 is 64.6 Å². The fraction of sp³-hybridized carbons (Fsp3) is 0.214. The molecule has 3 aromatic carbocycles. The molecule has 43 heavy (non-hydrogen) atoms. The number of aliphatic hydroxyl groups is 3. The van der Waals surface area contributed by atoms with E-state index in [-0.39, 0.29) is 33.6 Å². The van der Waals surface area contributed by atoms with E-state index in [2.05, 4.69) is 0 Å². The number of benzene rings is 3. The number of phenolic OH excluding ortho intramolecular Hbond substituents is 5. The third-order valence-electron chi connectivity index (χ3n) is 6.65. The Morgan fingerprint density at radius 1 is 0.791 bits per heavy atom. The van der Waals surface area contributed by atoms with Crippen LogP contribution in [-0.2, 0) is 9.47 Å². The number of phenols is 5. The molecule has 4 aromatic rings. The minimum atomic E-state index is -1.93. The van der Waals surface area contributed by atoms with Crippen molar-refractivity contribution < 1.29 is 69.4 Å². The van der Waals surface area contributed by atoms with Gasteiger partial charge in [-0.3, -0.25) is 4.79 Å². The maximum atomic E-state index is 13.2. The van der Waals surface area contributed by atoms with Gasteiger partial charge in [0.15, 0.2) is 23.0 Å². The lowest BCUT2D eigenvalue weighted by Crippen LogP contribution is -2.60. The van der Waals surface area contributed by atoms with Gasteiger partial charge in [0, 0.05) is 17.7 Å². The Morgan fingerprint density at radius 3 is 2.09 bits per heavy atom. The Labute approximate surface area is 239 Å². The molecule has 5 rings (SSSR count). The van der Waals surface area contributed by atoms with Crippen LogP contribution in [0.25, 0.3) is 22.3 Å². The molecule has 1 aliphatic rings. The van der Waals surface area contributed by atoms with Crippen LogP contribution in [0.2, 0.25) is 0 Å². The highest BCUT2D eigenvalue weighted by molar-refractivity contribution is 5.91. The fourth-order valence-electron chi connectivity index (χ4n) is 4.40. The van der Waals surface area contributed by atoms with Crippen molar-refractivity contribution in [3.8, 4) is 51.6 Å². The van der Waals surface area contributed by atoms with E-state index in [1.165, 1.54) is 24.3 Å². The van der Waals surface area contributed by atoms with Crippen LogP contribution >= 0.6 is 0 Å². The van der Waals surface area contributed by atoms with Gasteiger partial charge >= 0.3 is 5.97 Å². The van der Waals surface area contributed by atoms with Gasteiger partial charge in [0.2, 0.25) is 17.5 Å². The normalized spacial score (nSPS) is 21.9. The molecule has 1 fully saturated rings. The van der Waals surface area contributed by atoms with Crippen molar-refractivity contribution in [1.29, 1.82) is 0 Å². The quantitative estimate of drug-likeness (QED) is 0.109. The van der Waals surface area contributed by atoms with Gasteiger partial charge in [-0.1, -0.05) is 0 Å². The smallest absolute Gasteiger partial charge is 0.338 e. The summed E-state index contributed by atoms with van der Waals surface area (Å²) in [6.07, 6.45) is -9.01. The zero-order chi connectivity index (χ0) is 31.2. The molecular weight excluding hydrogens is 576 g/mol. The van der Waals surface area contributed by atoms with E-state index in [1.54, 1.807) is 0 Å². The number of rotatable bonds is 6. The molecule has 5 atom stereocenters. The number of ether oxygens (including phenoxy) is 3. The first-order valence-electron chi connectivity index (χ1n) is 12.5. The summed E-state index contributed by atoms with van der Waals surface area (Å²) in [5.41, 5.74) is -1.41. The Bertz CT molecular complexity index is 1720. The largest absolute Gasteiger partial charge is 0.508 e. The van der Waals surface area contributed by atoms with E-state index in [9.17, 15) is 55.5 Å². The summed E-state index contributed by atoms with van der Waals surface area (Å²) in [5.74, 6) is -5.73. The maximum absolute atomic E-state index is 13.2. The average Bonchev–Trinajstić information content (AvgIpc) is 2.97. The van der Waals surface area contributed by atoms with Gasteiger partial charge in [-0.15, -0.1) is 0 Å². The summed E-state index contributed by atoms with van der Waals surface area (Å²) in [5, 5.41) is 90.1. The highest BCUT2D eigenvalue weighted by Gasteiger charge is 2.46. The Kier molecular flexibility index (Phi) is 7.64. The van der Waals surface area contributed by atoms with Crippen molar-refractivity contribution in [3.63, 3.8) is 0 Å². The van der Waals surface area contributed by atoms with Gasteiger partial charge in [0.25, 0.3) is 0 Å². The predicted octanol–water partition coefficient (Wildman–Crippen LogP) is 0.737. The summed E-state index contributed by atoms with van der Waals surface area (Å²) in [4.78, 5) is 25.6. The van der Waals surface area contributed by atoms with Crippen LogP contribution in [0, 0.1) is 0 Å². The molecule has 0 bridgehead atoms. The highest BCUT2D eigenvalue weighted by Crippen LogP contribution is 2.38. The van der Waals surface area contributed by atoms with Crippen molar-refractivity contribution in [2.45, 2.75) is 30.7 Å². The Hall–Kier alpha value is -5.22. The average molecular weight is 600 g/mol. The number of esters is 1. The summed E-state index contributed by atoms with van der Waals surface area (Å²) in [6.45, 7) is -0.744. The Morgan fingerprint density at radius 2 is 1.44 bits per heavy atom. The first-order chi connectivity index (χ1) is 20.3. The van der Waals surface area contributed by atoms with E-state index in [0.29, 0.717) is 0 Å². The van der Waals surface area contributed by atoms with Crippen LogP contribution in [0.4, 0.5) is 0 Å². The molecule has 0 unspecified atom stereocenters. The second-order valence-corrected chi connectivity index (χ2v) is 9.57.